The number of hydrogen-bond acceptors (Lipinski definition) is 3. The SMILES string of the molecule is CC(C)(C)OC(=O)COC(CC1CC2CC[C@@H]1C2)(C(F)(F)F)C(F)(F)F. The minimum absolute atomic E-state index is 0.144. The van der Waals surface area contributed by atoms with Crippen LogP contribution in [0.5, 0.6) is 0 Å². The fourth-order valence-electron chi connectivity index (χ4n) is 4.16. The molecule has 0 radical (unpaired) electrons. The third kappa shape index (κ3) is 4.46. The molecule has 26 heavy (non-hydrogen) atoms. The van der Waals surface area contributed by atoms with Crippen molar-refractivity contribution in [3.63, 3.8) is 0 Å². The van der Waals surface area contributed by atoms with Gasteiger partial charge >= 0.3 is 18.3 Å². The van der Waals surface area contributed by atoms with E-state index in [9.17, 15) is 31.1 Å². The molecule has 2 bridgehead atoms. The zero-order chi connectivity index (χ0) is 20.0. The second kappa shape index (κ2) is 6.87. The highest BCUT2D eigenvalue weighted by atomic mass is 19.4. The Balaban J connectivity index is 2.21. The van der Waals surface area contributed by atoms with E-state index in [0.717, 1.165) is 6.42 Å². The number of rotatable bonds is 5. The Morgan fingerprint density at radius 2 is 1.54 bits per heavy atom. The molecule has 0 aliphatic heterocycles. The summed E-state index contributed by atoms with van der Waals surface area (Å²) in [6.45, 7) is 2.97. The number of alkyl halides is 6. The van der Waals surface area contributed by atoms with E-state index in [-0.39, 0.29) is 11.8 Å². The van der Waals surface area contributed by atoms with Crippen LogP contribution in [-0.2, 0) is 14.3 Å². The topological polar surface area (TPSA) is 35.5 Å². The molecule has 0 aromatic carbocycles. The lowest BCUT2D eigenvalue weighted by Crippen LogP contribution is -2.60. The highest BCUT2D eigenvalue weighted by Gasteiger charge is 2.73. The van der Waals surface area contributed by atoms with E-state index in [0.29, 0.717) is 19.3 Å². The first-order chi connectivity index (χ1) is 11.6. The molecule has 0 aromatic heterocycles. The maximum atomic E-state index is 13.6. The highest BCUT2D eigenvalue weighted by Crippen LogP contribution is 2.56. The Labute approximate surface area is 148 Å². The van der Waals surface area contributed by atoms with Crippen LogP contribution in [0.15, 0.2) is 0 Å². The average Bonchev–Trinajstić information content (AvgIpc) is 3.00. The van der Waals surface area contributed by atoms with Crippen molar-refractivity contribution in [3.05, 3.63) is 0 Å². The number of ether oxygens (including phenoxy) is 2. The Bertz CT molecular complexity index is 506. The van der Waals surface area contributed by atoms with Gasteiger partial charge in [0, 0.05) is 0 Å². The third-order valence-corrected chi connectivity index (χ3v) is 5.21. The zero-order valence-electron chi connectivity index (χ0n) is 15.0. The molecule has 3 atom stereocenters. The van der Waals surface area contributed by atoms with Gasteiger partial charge in [-0.15, -0.1) is 0 Å². The third-order valence-electron chi connectivity index (χ3n) is 5.21. The van der Waals surface area contributed by atoms with E-state index >= 15 is 0 Å². The predicted molar refractivity (Wildman–Crippen MR) is 80.2 cm³/mol. The Morgan fingerprint density at radius 1 is 0.962 bits per heavy atom. The van der Waals surface area contributed by atoms with Crippen LogP contribution in [0.2, 0.25) is 0 Å². The molecule has 0 N–H and O–H groups in total. The Morgan fingerprint density at radius 3 is 1.92 bits per heavy atom. The number of esters is 1. The number of carbonyl (C=O) groups is 1. The van der Waals surface area contributed by atoms with Crippen molar-refractivity contribution in [2.24, 2.45) is 17.8 Å². The summed E-state index contributed by atoms with van der Waals surface area (Å²) in [6, 6.07) is 0. The van der Waals surface area contributed by atoms with Gasteiger partial charge in [-0.25, -0.2) is 4.79 Å². The van der Waals surface area contributed by atoms with Crippen LogP contribution < -0.4 is 0 Å². The maximum absolute atomic E-state index is 13.6. The van der Waals surface area contributed by atoms with Gasteiger partial charge in [-0.2, -0.15) is 26.3 Å². The summed E-state index contributed by atoms with van der Waals surface area (Å²) in [4.78, 5) is 11.6. The minimum atomic E-state index is -5.69. The lowest BCUT2D eigenvalue weighted by atomic mass is 9.79. The Hall–Kier alpha value is -0.990. The molecular formula is C17H24F6O3. The van der Waals surface area contributed by atoms with E-state index in [4.69, 9.17) is 4.74 Å². The number of carbonyl (C=O) groups excluding carboxylic acids is 1. The normalized spacial score (nSPS) is 27.0. The summed E-state index contributed by atoms with van der Waals surface area (Å²) in [5.74, 6) is -1.93. The van der Waals surface area contributed by atoms with Gasteiger partial charge in [-0.1, -0.05) is 6.42 Å². The second-order valence-corrected chi connectivity index (χ2v) is 8.34. The molecule has 2 aliphatic carbocycles. The van der Waals surface area contributed by atoms with Gasteiger partial charge in [-0.05, 0) is 64.2 Å². The van der Waals surface area contributed by atoms with Gasteiger partial charge in [0.2, 0.25) is 0 Å². The van der Waals surface area contributed by atoms with Crippen molar-refractivity contribution in [2.75, 3.05) is 6.61 Å². The lowest BCUT2D eigenvalue weighted by Gasteiger charge is -2.40. The molecule has 152 valence electrons. The van der Waals surface area contributed by atoms with Gasteiger partial charge < -0.3 is 9.47 Å². The highest BCUT2D eigenvalue weighted by molar-refractivity contribution is 5.71. The molecule has 2 rings (SSSR count). The van der Waals surface area contributed by atoms with Gasteiger partial charge in [0.15, 0.2) is 0 Å². The first-order valence-corrected chi connectivity index (χ1v) is 8.64. The van der Waals surface area contributed by atoms with Crippen LogP contribution in [0.25, 0.3) is 0 Å². The van der Waals surface area contributed by atoms with Crippen molar-refractivity contribution >= 4 is 5.97 Å². The van der Waals surface area contributed by atoms with Crippen LogP contribution in [0.4, 0.5) is 26.3 Å². The Kier molecular flexibility index (Phi) is 5.63. The zero-order valence-corrected chi connectivity index (χ0v) is 15.0. The van der Waals surface area contributed by atoms with Gasteiger partial charge in [0.1, 0.15) is 12.2 Å². The predicted octanol–water partition coefficient (Wildman–Crippen LogP) is 5.03. The van der Waals surface area contributed by atoms with Crippen LogP contribution in [-0.4, -0.2) is 36.1 Å². The van der Waals surface area contributed by atoms with Crippen molar-refractivity contribution in [2.45, 2.75) is 76.4 Å². The molecule has 0 spiro atoms. The minimum Gasteiger partial charge on any atom is -0.458 e. The maximum Gasteiger partial charge on any atom is 0.426 e. The summed E-state index contributed by atoms with van der Waals surface area (Å²) >= 11 is 0. The van der Waals surface area contributed by atoms with E-state index in [2.05, 4.69) is 4.74 Å². The second-order valence-electron chi connectivity index (χ2n) is 8.34. The molecule has 3 nitrogen and oxygen atoms in total. The summed E-state index contributed by atoms with van der Waals surface area (Å²) in [7, 11) is 0. The van der Waals surface area contributed by atoms with Crippen LogP contribution >= 0.6 is 0 Å². The lowest BCUT2D eigenvalue weighted by molar-refractivity contribution is -0.385. The first-order valence-electron chi connectivity index (χ1n) is 8.64. The summed E-state index contributed by atoms with van der Waals surface area (Å²) in [5.41, 5.74) is -5.39. The van der Waals surface area contributed by atoms with Crippen molar-refractivity contribution in [3.8, 4) is 0 Å². The van der Waals surface area contributed by atoms with Crippen LogP contribution in [0.1, 0.15) is 52.9 Å². The molecule has 0 amide bonds. The van der Waals surface area contributed by atoms with Crippen molar-refractivity contribution in [1.82, 2.24) is 0 Å². The smallest absolute Gasteiger partial charge is 0.426 e. The number of hydrogen-bond donors (Lipinski definition) is 0. The molecular weight excluding hydrogens is 366 g/mol. The van der Waals surface area contributed by atoms with E-state index in [1.165, 1.54) is 20.8 Å². The van der Waals surface area contributed by atoms with Crippen LogP contribution in [0.3, 0.4) is 0 Å². The summed E-state index contributed by atoms with van der Waals surface area (Å²) < 4.78 is 90.4. The number of halogens is 6. The van der Waals surface area contributed by atoms with Crippen molar-refractivity contribution < 1.29 is 40.6 Å². The van der Waals surface area contributed by atoms with Gasteiger partial charge in [0.05, 0.1) is 0 Å². The van der Waals surface area contributed by atoms with Crippen LogP contribution in [0, 0.1) is 17.8 Å². The molecule has 0 aromatic rings. The van der Waals surface area contributed by atoms with Gasteiger partial charge in [-0.3, -0.25) is 0 Å². The molecule has 2 unspecified atom stereocenters. The van der Waals surface area contributed by atoms with E-state index in [1.54, 1.807) is 0 Å². The number of fused-ring (bicyclic) bond motifs is 2. The van der Waals surface area contributed by atoms with E-state index in [1.807, 2.05) is 0 Å². The fourth-order valence-corrected chi connectivity index (χ4v) is 4.16. The monoisotopic (exact) mass is 390 g/mol. The quantitative estimate of drug-likeness (QED) is 0.488. The largest absolute Gasteiger partial charge is 0.458 e. The summed E-state index contributed by atoms with van der Waals surface area (Å²) in [6.07, 6.45) is -10.1. The standard InChI is InChI=1S/C17H24F6O3/c1-14(2,3)26-13(24)9-25-15(16(18,19)20,17(21,22)23)8-12-7-10-4-5-11(12)6-10/h10-12H,4-9H2,1-3H3/t10?,11-,12?/m1/s1. The van der Waals surface area contributed by atoms with Crippen molar-refractivity contribution in [1.29, 1.82) is 0 Å². The molecule has 2 aliphatic rings. The molecule has 0 saturated heterocycles. The molecule has 9 heteroatoms. The molecule has 2 fully saturated rings. The van der Waals surface area contributed by atoms with Gasteiger partial charge in [0.25, 0.3) is 5.60 Å². The fraction of sp³-hybridized carbons (Fsp3) is 0.941. The molecule has 0 heterocycles. The molecule has 2 saturated carbocycles. The first kappa shape index (κ1) is 21.3. The average molecular weight is 390 g/mol. The summed E-state index contributed by atoms with van der Waals surface area (Å²) in [5, 5.41) is 0. The van der Waals surface area contributed by atoms with E-state index < -0.39 is 48.5 Å².